The molecule has 0 unspecified atom stereocenters. The minimum Gasteiger partial charge on any atom is -0.508 e. The summed E-state index contributed by atoms with van der Waals surface area (Å²) < 4.78 is 31.5. The summed E-state index contributed by atoms with van der Waals surface area (Å²) in [6.45, 7) is 0.243. The summed E-state index contributed by atoms with van der Waals surface area (Å²) in [4.78, 5) is 1.30. The highest BCUT2D eigenvalue weighted by Crippen LogP contribution is 2.22. The molecule has 0 amide bonds. The Labute approximate surface area is 111 Å². The molecule has 0 spiro atoms. The first-order valence-electron chi connectivity index (χ1n) is 5.62. The molecule has 0 saturated heterocycles. The molecule has 0 aliphatic carbocycles. The summed E-state index contributed by atoms with van der Waals surface area (Å²) in [7, 11) is -4.39. The largest absolute Gasteiger partial charge is 0.508 e. The van der Waals surface area contributed by atoms with Gasteiger partial charge in [0.1, 0.15) is 5.75 Å². The molecular weight excluding hydrogens is 274 g/mol. The first-order valence-corrected chi connectivity index (χ1v) is 7.06. The number of rotatable bonds is 7. The van der Waals surface area contributed by atoms with Crippen molar-refractivity contribution >= 4 is 10.1 Å². The number of phenolic OH excluding ortho intramolecular Hbond substituents is 1. The molecule has 0 atom stereocenters. The fourth-order valence-corrected chi connectivity index (χ4v) is 2.43. The lowest BCUT2D eigenvalue weighted by Gasteiger charge is -2.21. The van der Waals surface area contributed by atoms with Crippen molar-refractivity contribution in [1.82, 2.24) is 4.90 Å². The van der Waals surface area contributed by atoms with Crippen molar-refractivity contribution in [2.24, 2.45) is 0 Å². The maximum atomic E-state index is 11.2. The summed E-state index contributed by atoms with van der Waals surface area (Å²) >= 11 is 0. The second-order valence-electron chi connectivity index (χ2n) is 3.99. The quantitative estimate of drug-likeness (QED) is 0.497. The van der Waals surface area contributed by atoms with E-state index in [1.807, 2.05) is 0 Å². The van der Waals surface area contributed by atoms with Crippen LogP contribution in [0.2, 0.25) is 0 Å². The van der Waals surface area contributed by atoms with Crippen LogP contribution in [0.1, 0.15) is 5.56 Å². The normalized spacial score (nSPS) is 12.0. The molecule has 0 radical (unpaired) electrons. The van der Waals surface area contributed by atoms with E-state index in [0.717, 1.165) is 12.1 Å². The highest BCUT2D eigenvalue weighted by molar-refractivity contribution is 7.85. The van der Waals surface area contributed by atoms with Crippen LogP contribution in [0.3, 0.4) is 0 Å². The Balaban J connectivity index is 3.07. The number of benzene rings is 1. The third-order valence-electron chi connectivity index (χ3n) is 2.55. The van der Waals surface area contributed by atoms with Gasteiger partial charge in [0, 0.05) is 19.6 Å². The molecular formula is C11H17NO6S. The van der Waals surface area contributed by atoms with Crippen LogP contribution in [0.4, 0.5) is 0 Å². The van der Waals surface area contributed by atoms with Crippen molar-refractivity contribution in [3.05, 3.63) is 23.8 Å². The number of aliphatic hydroxyl groups is 2. The Morgan fingerprint density at radius 2 is 1.68 bits per heavy atom. The van der Waals surface area contributed by atoms with Crippen molar-refractivity contribution in [1.29, 1.82) is 0 Å². The lowest BCUT2D eigenvalue weighted by atomic mass is 10.2. The number of phenols is 1. The van der Waals surface area contributed by atoms with E-state index in [4.69, 9.17) is 14.8 Å². The van der Waals surface area contributed by atoms with Crippen LogP contribution in [0.5, 0.6) is 5.75 Å². The predicted molar refractivity (Wildman–Crippen MR) is 67.4 cm³/mol. The fourth-order valence-electron chi connectivity index (χ4n) is 1.73. The van der Waals surface area contributed by atoms with Crippen molar-refractivity contribution < 1.29 is 28.3 Å². The van der Waals surface area contributed by atoms with Gasteiger partial charge in [-0.05, 0) is 23.8 Å². The first kappa shape index (κ1) is 15.9. The lowest BCUT2D eigenvalue weighted by molar-refractivity contribution is 0.155. The summed E-state index contributed by atoms with van der Waals surface area (Å²) in [6, 6.07) is 3.50. The summed E-state index contributed by atoms with van der Waals surface area (Å²) in [5.74, 6) is -0.129. The van der Waals surface area contributed by atoms with Crippen LogP contribution in [-0.4, -0.2) is 59.5 Å². The van der Waals surface area contributed by atoms with E-state index < -0.39 is 10.1 Å². The maximum absolute atomic E-state index is 11.2. The molecule has 0 saturated carbocycles. The van der Waals surface area contributed by atoms with Crippen LogP contribution in [-0.2, 0) is 16.7 Å². The van der Waals surface area contributed by atoms with Crippen LogP contribution >= 0.6 is 0 Å². The maximum Gasteiger partial charge on any atom is 0.294 e. The highest BCUT2D eigenvalue weighted by atomic mass is 32.2. The van der Waals surface area contributed by atoms with Crippen molar-refractivity contribution in [2.45, 2.75) is 11.4 Å². The van der Waals surface area contributed by atoms with E-state index in [0.29, 0.717) is 0 Å². The van der Waals surface area contributed by atoms with Gasteiger partial charge in [-0.3, -0.25) is 9.45 Å². The molecule has 8 heteroatoms. The standard InChI is InChI=1S/C11H17NO6S/c13-5-3-12(4-6-14)8-9-7-10(15)1-2-11(9)19(16,17)18/h1-2,7,13-15H,3-6,8H2,(H,16,17,18). The molecule has 108 valence electrons. The van der Waals surface area contributed by atoms with E-state index in [1.165, 1.54) is 6.07 Å². The van der Waals surface area contributed by atoms with Crippen LogP contribution < -0.4 is 0 Å². The molecule has 0 bridgehead atoms. The lowest BCUT2D eigenvalue weighted by Crippen LogP contribution is -2.30. The van der Waals surface area contributed by atoms with Crippen molar-refractivity contribution in [3.8, 4) is 5.75 Å². The summed E-state index contributed by atoms with van der Waals surface area (Å²) in [6.07, 6.45) is 0. The molecule has 1 rings (SSSR count). The predicted octanol–water partition coefficient (Wildman–Crippen LogP) is -0.574. The second kappa shape index (κ2) is 6.83. The molecule has 4 N–H and O–H groups in total. The Morgan fingerprint density at radius 3 is 2.16 bits per heavy atom. The molecule has 0 heterocycles. The van der Waals surface area contributed by atoms with Gasteiger partial charge in [0.25, 0.3) is 10.1 Å². The van der Waals surface area contributed by atoms with Gasteiger partial charge in [0.05, 0.1) is 18.1 Å². The summed E-state index contributed by atoms with van der Waals surface area (Å²) in [5.41, 5.74) is 0.199. The first-order chi connectivity index (χ1) is 8.88. The molecule has 1 aromatic carbocycles. The zero-order chi connectivity index (χ0) is 14.5. The fraction of sp³-hybridized carbons (Fsp3) is 0.455. The topological polar surface area (TPSA) is 118 Å². The van der Waals surface area contributed by atoms with Gasteiger partial charge in [0.2, 0.25) is 0 Å². The molecule has 0 aliphatic rings. The van der Waals surface area contributed by atoms with Crippen molar-refractivity contribution in [3.63, 3.8) is 0 Å². The number of hydrogen-bond acceptors (Lipinski definition) is 6. The zero-order valence-electron chi connectivity index (χ0n) is 10.2. The molecule has 7 nitrogen and oxygen atoms in total. The second-order valence-corrected chi connectivity index (χ2v) is 5.38. The van der Waals surface area contributed by atoms with Gasteiger partial charge in [-0.25, -0.2) is 0 Å². The molecule has 0 aliphatic heterocycles. The smallest absolute Gasteiger partial charge is 0.294 e. The van der Waals surface area contributed by atoms with E-state index in [1.54, 1.807) is 4.90 Å². The van der Waals surface area contributed by atoms with Gasteiger partial charge in [0.15, 0.2) is 0 Å². The van der Waals surface area contributed by atoms with Gasteiger partial charge in [-0.1, -0.05) is 0 Å². The van der Waals surface area contributed by atoms with E-state index in [2.05, 4.69) is 0 Å². The summed E-state index contributed by atoms with van der Waals surface area (Å²) in [5, 5.41) is 27.2. The molecule has 0 aromatic heterocycles. The highest BCUT2D eigenvalue weighted by Gasteiger charge is 2.17. The number of hydrogen-bond donors (Lipinski definition) is 4. The minimum absolute atomic E-state index is 0.0741. The molecule has 0 fully saturated rings. The Bertz CT molecular complexity index is 510. The number of aromatic hydroxyl groups is 1. The van der Waals surface area contributed by atoms with E-state index >= 15 is 0 Å². The Morgan fingerprint density at radius 1 is 1.11 bits per heavy atom. The Kier molecular flexibility index (Phi) is 5.70. The van der Waals surface area contributed by atoms with E-state index in [9.17, 15) is 13.5 Å². The number of nitrogens with zero attached hydrogens (tertiary/aromatic N) is 1. The third-order valence-corrected chi connectivity index (χ3v) is 3.50. The SMILES string of the molecule is O=S(=O)(O)c1ccc(O)cc1CN(CCO)CCO. The van der Waals surface area contributed by atoms with Crippen LogP contribution in [0, 0.1) is 0 Å². The van der Waals surface area contributed by atoms with E-state index in [-0.39, 0.29) is 49.1 Å². The van der Waals surface area contributed by atoms with Gasteiger partial charge < -0.3 is 15.3 Å². The van der Waals surface area contributed by atoms with Gasteiger partial charge in [-0.2, -0.15) is 8.42 Å². The zero-order valence-corrected chi connectivity index (χ0v) is 11.0. The third kappa shape index (κ3) is 4.77. The molecule has 1 aromatic rings. The average molecular weight is 291 g/mol. The van der Waals surface area contributed by atoms with Gasteiger partial charge >= 0.3 is 0 Å². The molecule has 19 heavy (non-hydrogen) atoms. The van der Waals surface area contributed by atoms with Crippen LogP contribution in [0.25, 0.3) is 0 Å². The monoisotopic (exact) mass is 291 g/mol. The minimum atomic E-state index is -4.39. The van der Waals surface area contributed by atoms with Crippen LogP contribution in [0.15, 0.2) is 23.1 Å². The van der Waals surface area contributed by atoms with Crippen molar-refractivity contribution in [2.75, 3.05) is 26.3 Å². The Hall–Kier alpha value is -1.19. The number of aliphatic hydroxyl groups excluding tert-OH is 2. The van der Waals surface area contributed by atoms with Gasteiger partial charge in [-0.15, -0.1) is 0 Å². The average Bonchev–Trinajstić information content (AvgIpc) is 2.28.